The van der Waals surface area contributed by atoms with E-state index in [1.165, 1.54) is 24.4 Å². The summed E-state index contributed by atoms with van der Waals surface area (Å²) in [5.74, 6) is 0. The molecule has 19 heavy (non-hydrogen) atoms. The molecule has 8 heteroatoms. The van der Waals surface area contributed by atoms with Crippen LogP contribution in [0.4, 0.5) is 24.5 Å². The molecule has 0 saturated heterocycles. The van der Waals surface area contributed by atoms with Gasteiger partial charge in [-0.2, -0.15) is 13.2 Å². The Morgan fingerprint density at radius 2 is 2.05 bits per heavy atom. The van der Waals surface area contributed by atoms with E-state index in [0.717, 1.165) is 6.07 Å². The minimum atomic E-state index is -4.36. The Balaban J connectivity index is 2.47. The zero-order valence-corrected chi connectivity index (χ0v) is 9.44. The zero-order valence-electron chi connectivity index (χ0n) is 9.44. The summed E-state index contributed by atoms with van der Waals surface area (Å²) >= 11 is 0. The quantitative estimate of drug-likeness (QED) is 0.688. The van der Waals surface area contributed by atoms with Gasteiger partial charge in [0, 0.05) is 23.3 Å². The molecule has 100 valence electrons. The van der Waals surface area contributed by atoms with Gasteiger partial charge in [-0.25, -0.2) is 4.98 Å². The minimum Gasteiger partial charge on any atom is -0.376 e. The molecule has 0 saturated carbocycles. The Kier molecular flexibility index (Phi) is 3.24. The number of fused-ring (bicyclic) bond motifs is 1. The molecule has 5 nitrogen and oxygen atoms in total. The molecule has 0 aliphatic rings. The van der Waals surface area contributed by atoms with Gasteiger partial charge in [0.05, 0.1) is 4.92 Å². The minimum absolute atomic E-state index is 0.0553. The second-order valence-corrected chi connectivity index (χ2v) is 3.76. The summed E-state index contributed by atoms with van der Waals surface area (Å²) in [4.78, 5) is 14.0. The van der Waals surface area contributed by atoms with Crippen LogP contribution < -0.4 is 5.32 Å². The number of nitrogens with zero attached hydrogens (tertiary/aromatic N) is 2. The number of hydrogen-bond acceptors (Lipinski definition) is 4. The van der Waals surface area contributed by atoms with Crippen molar-refractivity contribution in [3.05, 3.63) is 40.6 Å². The number of non-ortho nitro benzene ring substituents is 1. The number of nitro benzene ring substituents is 1. The molecule has 0 atom stereocenters. The van der Waals surface area contributed by atoms with Crippen LogP contribution in [0.3, 0.4) is 0 Å². The second-order valence-electron chi connectivity index (χ2n) is 3.76. The summed E-state index contributed by atoms with van der Waals surface area (Å²) in [5, 5.41) is 13.3. The van der Waals surface area contributed by atoms with Crippen molar-refractivity contribution >= 4 is 22.3 Å². The number of anilines is 1. The van der Waals surface area contributed by atoms with Crippen LogP contribution in [-0.2, 0) is 0 Å². The number of halogens is 3. The highest BCUT2D eigenvalue weighted by Gasteiger charge is 2.27. The van der Waals surface area contributed by atoms with E-state index in [0.29, 0.717) is 0 Å². The predicted molar refractivity (Wildman–Crippen MR) is 62.9 cm³/mol. The lowest BCUT2D eigenvalue weighted by Crippen LogP contribution is -2.21. The van der Waals surface area contributed by atoms with E-state index in [1.807, 2.05) is 0 Å². The van der Waals surface area contributed by atoms with E-state index >= 15 is 0 Å². The Morgan fingerprint density at radius 1 is 1.32 bits per heavy atom. The highest BCUT2D eigenvalue weighted by atomic mass is 19.4. The molecule has 1 N–H and O–H groups in total. The predicted octanol–water partition coefficient (Wildman–Crippen LogP) is 3.12. The molecule has 0 bridgehead atoms. The Bertz CT molecular complexity index is 628. The average Bonchev–Trinajstić information content (AvgIpc) is 2.34. The fraction of sp³-hybridized carbons (Fsp3) is 0.182. The molecule has 0 aliphatic carbocycles. The first kappa shape index (κ1) is 13.1. The van der Waals surface area contributed by atoms with Crippen molar-refractivity contribution in [1.29, 1.82) is 0 Å². The van der Waals surface area contributed by atoms with Gasteiger partial charge in [-0.05, 0) is 18.2 Å². The molecule has 0 unspecified atom stereocenters. The Labute approximate surface area is 105 Å². The highest BCUT2D eigenvalue weighted by Crippen LogP contribution is 2.30. The standard InChI is InChI=1S/C11H8F3N3O2/c12-11(13,14)6-16-8-3-4-9(17(18)19)10-7(8)2-1-5-15-10/h1-5,16H,6H2. The first-order valence-electron chi connectivity index (χ1n) is 5.21. The Morgan fingerprint density at radius 3 is 2.68 bits per heavy atom. The van der Waals surface area contributed by atoms with Crippen molar-refractivity contribution in [3.8, 4) is 0 Å². The summed E-state index contributed by atoms with van der Waals surface area (Å²) in [6.45, 7) is -1.21. The van der Waals surface area contributed by atoms with Gasteiger partial charge < -0.3 is 5.32 Å². The Hall–Kier alpha value is -2.38. The van der Waals surface area contributed by atoms with E-state index in [-0.39, 0.29) is 22.3 Å². The van der Waals surface area contributed by atoms with Gasteiger partial charge in [0.2, 0.25) is 0 Å². The van der Waals surface area contributed by atoms with Gasteiger partial charge in [0.25, 0.3) is 5.69 Å². The third kappa shape index (κ3) is 2.90. The largest absolute Gasteiger partial charge is 0.405 e. The molecule has 2 rings (SSSR count). The van der Waals surface area contributed by atoms with Crippen molar-refractivity contribution in [2.24, 2.45) is 0 Å². The molecule has 2 aromatic rings. The van der Waals surface area contributed by atoms with Gasteiger partial charge in [-0.1, -0.05) is 0 Å². The van der Waals surface area contributed by atoms with Crippen molar-refractivity contribution < 1.29 is 18.1 Å². The second kappa shape index (κ2) is 4.71. The van der Waals surface area contributed by atoms with Crippen LogP contribution in [0.2, 0.25) is 0 Å². The number of nitro groups is 1. The van der Waals surface area contributed by atoms with Crippen LogP contribution in [0.5, 0.6) is 0 Å². The number of benzene rings is 1. The van der Waals surface area contributed by atoms with E-state index < -0.39 is 17.6 Å². The molecule has 0 spiro atoms. The van der Waals surface area contributed by atoms with Crippen molar-refractivity contribution in [2.75, 3.05) is 11.9 Å². The lowest BCUT2D eigenvalue weighted by atomic mass is 10.1. The molecular weight excluding hydrogens is 263 g/mol. The third-order valence-corrected chi connectivity index (χ3v) is 2.42. The van der Waals surface area contributed by atoms with Crippen LogP contribution >= 0.6 is 0 Å². The monoisotopic (exact) mass is 271 g/mol. The summed E-state index contributed by atoms with van der Waals surface area (Å²) in [5.41, 5.74) is -0.0288. The van der Waals surface area contributed by atoms with Gasteiger partial charge in [0.1, 0.15) is 12.1 Å². The van der Waals surface area contributed by atoms with Crippen LogP contribution in [0, 0.1) is 10.1 Å². The number of nitrogens with one attached hydrogen (secondary N) is 1. The smallest absolute Gasteiger partial charge is 0.376 e. The average molecular weight is 271 g/mol. The molecule has 1 heterocycles. The molecule has 0 fully saturated rings. The fourth-order valence-electron chi connectivity index (χ4n) is 1.65. The number of hydrogen-bond donors (Lipinski definition) is 1. The molecule has 1 aromatic heterocycles. The van der Waals surface area contributed by atoms with Crippen LogP contribution in [0.15, 0.2) is 30.5 Å². The lowest BCUT2D eigenvalue weighted by molar-refractivity contribution is -0.383. The summed E-state index contributed by atoms with van der Waals surface area (Å²) in [6.07, 6.45) is -3.01. The van der Waals surface area contributed by atoms with Crippen molar-refractivity contribution in [1.82, 2.24) is 4.98 Å². The van der Waals surface area contributed by atoms with Crippen LogP contribution in [-0.4, -0.2) is 22.6 Å². The summed E-state index contributed by atoms with van der Waals surface area (Å²) < 4.78 is 36.5. The number of aromatic nitrogens is 1. The number of rotatable bonds is 3. The van der Waals surface area contributed by atoms with E-state index in [9.17, 15) is 23.3 Å². The van der Waals surface area contributed by atoms with Crippen molar-refractivity contribution in [2.45, 2.75) is 6.18 Å². The summed E-state index contributed by atoms with van der Waals surface area (Å²) in [7, 11) is 0. The van der Waals surface area contributed by atoms with Crippen LogP contribution in [0.1, 0.15) is 0 Å². The maximum atomic E-state index is 12.2. The van der Waals surface area contributed by atoms with Crippen molar-refractivity contribution in [3.63, 3.8) is 0 Å². The number of alkyl halides is 3. The van der Waals surface area contributed by atoms with Gasteiger partial charge >= 0.3 is 6.18 Å². The van der Waals surface area contributed by atoms with Gasteiger partial charge in [-0.3, -0.25) is 10.1 Å². The maximum absolute atomic E-state index is 12.2. The third-order valence-electron chi connectivity index (χ3n) is 2.42. The fourth-order valence-corrected chi connectivity index (χ4v) is 1.65. The highest BCUT2D eigenvalue weighted by molar-refractivity contribution is 5.96. The molecule has 0 amide bonds. The van der Waals surface area contributed by atoms with E-state index in [1.54, 1.807) is 0 Å². The van der Waals surface area contributed by atoms with Gasteiger partial charge in [0.15, 0.2) is 0 Å². The first-order chi connectivity index (χ1) is 8.88. The van der Waals surface area contributed by atoms with E-state index in [2.05, 4.69) is 10.3 Å². The van der Waals surface area contributed by atoms with E-state index in [4.69, 9.17) is 0 Å². The summed E-state index contributed by atoms with van der Waals surface area (Å²) in [6, 6.07) is 5.36. The van der Waals surface area contributed by atoms with Gasteiger partial charge in [-0.15, -0.1) is 0 Å². The SMILES string of the molecule is O=[N+]([O-])c1ccc(NCC(F)(F)F)c2cccnc12. The molecule has 0 radical (unpaired) electrons. The van der Waals surface area contributed by atoms with Crippen LogP contribution in [0.25, 0.3) is 10.9 Å². The molecule has 1 aromatic carbocycles. The maximum Gasteiger partial charge on any atom is 0.405 e. The normalized spacial score (nSPS) is 11.5. The topological polar surface area (TPSA) is 68.1 Å². The zero-order chi connectivity index (χ0) is 14.0. The molecule has 0 aliphatic heterocycles. The molecular formula is C11H8F3N3O2. The lowest BCUT2D eigenvalue weighted by Gasteiger charge is -2.11. The number of pyridine rings is 1. The first-order valence-corrected chi connectivity index (χ1v) is 5.21.